The predicted molar refractivity (Wildman–Crippen MR) is 148 cm³/mol. The molecule has 234 valence electrons. The summed E-state index contributed by atoms with van der Waals surface area (Å²) in [5.74, 6) is -7.06. The lowest BCUT2D eigenvalue weighted by atomic mass is 9.99. The maximum Gasteiger partial charge on any atom is 0.325 e. The first-order chi connectivity index (χ1) is 18.8. The van der Waals surface area contributed by atoms with Gasteiger partial charge in [-0.25, -0.2) is 0 Å². The first-order valence-corrected chi connectivity index (χ1v) is 13.5. The van der Waals surface area contributed by atoms with Crippen LogP contribution in [-0.2, 0) is 33.6 Å². The van der Waals surface area contributed by atoms with Gasteiger partial charge < -0.3 is 42.5 Å². The molecule has 0 saturated carbocycles. The van der Waals surface area contributed by atoms with E-state index >= 15 is 0 Å². The van der Waals surface area contributed by atoms with Crippen molar-refractivity contribution in [2.75, 3.05) is 0 Å². The van der Waals surface area contributed by atoms with Crippen molar-refractivity contribution in [3.63, 3.8) is 0 Å². The molecule has 15 nitrogen and oxygen atoms in total. The molecule has 0 aromatic rings. The molecule has 0 aliphatic carbocycles. The lowest BCUT2D eigenvalue weighted by Gasteiger charge is -2.29. The van der Waals surface area contributed by atoms with Crippen LogP contribution in [0, 0.1) is 17.8 Å². The Labute approximate surface area is 240 Å². The van der Waals surface area contributed by atoms with Gasteiger partial charge in [-0.05, 0) is 38.0 Å². The van der Waals surface area contributed by atoms with Crippen LogP contribution in [0.2, 0.25) is 0 Å². The number of carbonyl (C=O) groups is 7. The second kappa shape index (κ2) is 17.1. The monoisotopic (exact) mass is 586 g/mol. The maximum atomic E-state index is 13.1. The number of nitrogens with one attached hydrogen (secondary N) is 5. The van der Waals surface area contributed by atoms with Crippen molar-refractivity contribution in [2.24, 2.45) is 23.5 Å². The highest BCUT2D eigenvalue weighted by molar-refractivity contribution is 5.96. The Morgan fingerprint density at radius 3 is 1.24 bits per heavy atom. The molecule has 0 aliphatic rings. The number of nitrogens with two attached hydrogens (primary N) is 1. The molecule has 0 rings (SSSR count). The third-order valence-corrected chi connectivity index (χ3v) is 6.23. The van der Waals surface area contributed by atoms with Gasteiger partial charge in [0.1, 0.15) is 30.2 Å². The molecular weight excluding hydrogens is 540 g/mol. The zero-order valence-corrected chi connectivity index (χ0v) is 24.9. The molecule has 0 heterocycles. The fourth-order valence-corrected chi connectivity index (χ4v) is 3.53. The number of carbonyl (C=O) groups excluding carboxylic acids is 5. The zero-order chi connectivity index (χ0) is 32.2. The number of hydrogen-bond donors (Lipinski definition) is 8. The van der Waals surface area contributed by atoms with Crippen molar-refractivity contribution in [1.29, 1.82) is 0 Å². The van der Waals surface area contributed by atoms with Crippen LogP contribution in [0.15, 0.2) is 0 Å². The summed E-state index contributed by atoms with van der Waals surface area (Å²) < 4.78 is 0. The van der Waals surface area contributed by atoms with E-state index in [2.05, 4.69) is 26.6 Å². The first-order valence-electron chi connectivity index (χ1n) is 13.5. The molecule has 0 spiro atoms. The van der Waals surface area contributed by atoms with Gasteiger partial charge in [0, 0.05) is 6.42 Å². The van der Waals surface area contributed by atoms with Crippen molar-refractivity contribution < 1.29 is 43.8 Å². The minimum Gasteiger partial charge on any atom is -0.481 e. The predicted octanol–water partition coefficient (Wildman–Crippen LogP) is -1.31. The SMILES string of the molecule is CC(C)[C@H](NC(=O)[C@H](C)NC(=O)[C@@H](NC(=O)[C@@H](NC(=O)[C@@H](N)CCC(=O)O)C(C)C)C(C)C)C(=O)N[C@@H](C)C(=O)O. The van der Waals surface area contributed by atoms with E-state index < -0.39 is 95.5 Å². The highest BCUT2D eigenvalue weighted by Gasteiger charge is 2.33. The Hall–Kier alpha value is -3.75. The summed E-state index contributed by atoms with van der Waals surface area (Å²) in [5, 5.41) is 30.2. The number of carboxylic acids is 2. The van der Waals surface area contributed by atoms with Crippen molar-refractivity contribution >= 4 is 41.5 Å². The highest BCUT2D eigenvalue weighted by atomic mass is 16.4. The molecule has 15 heteroatoms. The quantitative estimate of drug-likeness (QED) is 0.1000. The molecule has 6 atom stereocenters. The average molecular weight is 587 g/mol. The molecule has 0 unspecified atom stereocenters. The highest BCUT2D eigenvalue weighted by Crippen LogP contribution is 2.09. The number of rotatable bonds is 17. The number of amides is 5. The van der Waals surface area contributed by atoms with Crippen LogP contribution in [0.5, 0.6) is 0 Å². The van der Waals surface area contributed by atoms with Crippen molar-refractivity contribution in [3.8, 4) is 0 Å². The van der Waals surface area contributed by atoms with E-state index in [1.807, 2.05) is 0 Å². The van der Waals surface area contributed by atoms with E-state index in [-0.39, 0.29) is 12.8 Å². The van der Waals surface area contributed by atoms with E-state index in [1.54, 1.807) is 41.5 Å². The van der Waals surface area contributed by atoms with E-state index in [0.717, 1.165) is 0 Å². The van der Waals surface area contributed by atoms with Crippen LogP contribution in [-0.4, -0.2) is 87.9 Å². The molecule has 0 aliphatic heterocycles. The molecule has 41 heavy (non-hydrogen) atoms. The molecule has 0 fully saturated rings. The Morgan fingerprint density at radius 2 is 0.878 bits per heavy atom. The largest absolute Gasteiger partial charge is 0.481 e. The van der Waals surface area contributed by atoms with Crippen LogP contribution in [0.4, 0.5) is 0 Å². The summed E-state index contributed by atoms with van der Waals surface area (Å²) in [6.07, 6.45) is -0.443. The maximum absolute atomic E-state index is 13.1. The third kappa shape index (κ3) is 13.0. The van der Waals surface area contributed by atoms with Crippen LogP contribution >= 0.6 is 0 Å². The van der Waals surface area contributed by atoms with E-state index in [9.17, 15) is 33.6 Å². The fourth-order valence-electron chi connectivity index (χ4n) is 3.53. The Morgan fingerprint density at radius 1 is 0.537 bits per heavy atom. The van der Waals surface area contributed by atoms with Gasteiger partial charge in [0.25, 0.3) is 0 Å². The van der Waals surface area contributed by atoms with Crippen molar-refractivity contribution in [2.45, 2.75) is 104 Å². The second-order valence-corrected chi connectivity index (χ2v) is 11.0. The summed E-state index contributed by atoms with van der Waals surface area (Å²) in [6.45, 7) is 12.7. The minimum absolute atomic E-state index is 0.123. The molecule has 9 N–H and O–H groups in total. The Bertz CT molecular complexity index is 969. The normalized spacial score (nSPS) is 15.6. The first kappa shape index (κ1) is 37.2. The number of aliphatic carboxylic acids is 2. The summed E-state index contributed by atoms with van der Waals surface area (Å²) >= 11 is 0. The molecule has 0 radical (unpaired) electrons. The summed E-state index contributed by atoms with van der Waals surface area (Å²) in [4.78, 5) is 85.7. The van der Waals surface area contributed by atoms with Gasteiger partial charge in [0.2, 0.25) is 29.5 Å². The summed E-state index contributed by atoms with van der Waals surface area (Å²) in [7, 11) is 0. The average Bonchev–Trinajstić information content (AvgIpc) is 2.85. The minimum atomic E-state index is -1.24. The topological polar surface area (TPSA) is 246 Å². The van der Waals surface area contributed by atoms with E-state index in [4.69, 9.17) is 15.9 Å². The molecule has 5 amide bonds. The number of hydrogen-bond acceptors (Lipinski definition) is 8. The van der Waals surface area contributed by atoms with Gasteiger partial charge in [-0.3, -0.25) is 33.6 Å². The van der Waals surface area contributed by atoms with Gasteiger partial charge in [0.05, 0.1) is 6.04 Å². The summed E-state index contributed by atoms with van der Waals surface area (Å²) in [6, 6.07) is -6.69. The van der Waals surface area contributed by atoms with Crippen LogP contribution in [0.25, 0.3) is 0 Å². The standard InChI is InChI=1S/C26H46N6O9/c1-11(2)18(24(38)29-15(8)26(40)41)30-21(35)14(7)28-23(37)19(12(3)4)32-25(39)20(13(5)6)31-22(36)16(27)9-10-17(33)34/h11-16,18-20H,9-10,27H2,1-8H3,(H,28,37)(H,29,38)(H,30,35)(H,31,36)(H,32,39)(H,33,34)(H,40,41)/t14-,15-,16-,18-,19-,20-/m0/s1. The molecule has 0 aromatic carbocycles. The van der Waals surface area contributed by atoms with Crippen LogP contribution in [0.3, 0.4) is 0 Å². The molecule has 0 bridgehead atoms. The smallest absolute Gasteiger partial charge is 0.325 e. The van der Waals surface area contributed by atoms with Gasteiger partial charge in [-0.2, -0.15) is 0 Å². The zero-order valence-electron chi connectivity index (χ0n) is 24.9. The van der Waals surface area contributed by atoms with Crippen LogP contribution < -0.4 is 32.3 Å². The fraction of sp³-hybridized carbons (Fsp3) is 0.731. The van der Waals surface area contributed by atoms with Crippen molar-refractivity contribution in [3.05, 3.63) is 0 Å². The molecule has 0 saturated heterocycles. The number of carboxylic acid groups (broad SMARTS) is 2. The van der Waals surface area contributed by atoms with Crippen molar-refractivity contribution in [1.82, 2.24) is 26.6 Å². The van der Waals surface area contributed by atoms with Gasteiger partial charge >= 0.3 is 11.9 Å². The second-order valence-electron chi connectivity index (χ2n) is 11.0. The molecule has 0 aromatic heterocycles. The Kier molecular flexibility index (Phi) is 15.6. The van der Waals surface area contributed by atoms with Gasteiger partial charge in [-0.15, -0.1) is 0 Å². The van der Waals surface area contributed by atoms with Gasteiger partial charge in [0.15, 0.2) is 0 Å². The van der Waals surface area contributed by atoms with E-state index in [0.29, 0.717) is 0 Å². The Balaban J connectivity index is 5.43. The van der Waals surface area contributed by atoms with Gasteiger partial charge in [-0.1, -0.05) is 41.5 Å². The molecular formula is C26H46N6O9. The third-order valence-electron chi connectivity index (χ3n) is 6.23. The lowest BCUT2D eigenvalue weighted by Crippen LogP contribution is -2.60. The van der Waals surface area contributed by atoms with E-state index in [1.165, 1.54) is 13.8 Å². The lowest BCUT2D eigenvalue weighted by molar-refractivity contribution is -0.142. The van der Waals surface area contributed by atoms with Crippen LogP contribution in [0.1, 0.15) is 68.2 Å². The summed E-state index contributed by atoms with van der Waals surface area (Å²) in [5.41, 5.74) is 5.74.